The standard InChI is InChI=1S/C39H53F2N7O7.C2H3F3/c1-24(50)45-31(12-8-9-16-42)37(53)44-20-32(38(54)55)46-36(52)30(43)15-17-48(34(51)23-49)35(39(2,3)4)33-18-26(28-19-27(40)13-14-29(28)41)22-47(33)21-25-10-6-5-7-11-25;1-2(3,4)5/h5-7,10-11,13-14,18-19,22,30-32,35,49H,8-9,12,15-17,20-21,23,42-43H2,1-4H3,(H,44,53)(H,45,50)(H,46,52)(H,54,55);1H3/t30-,31?,32?,35?;/m0./s1. The van der Waals surface area contributed by atoms with E-state index < -0.39 is 90.1 Å². The van der Waals surface area contributed by atoms with Gasteiger partial charge < -0.3 is 47.1 Å². The molecule has 3 unspecified atom stereocenters. The van der Waals surface area contributed by atoms with E-state index >= 15 is 4.39 Å². The maximum Gasteiger partial charge on any atom is 0.386 e. The molecule has 0 spiro atoms. The van der Waals surface area contributed by atoms with Gasteiger partial charge in [0, 0.05) is 56.5 Å². The fourth-order valence-corrected chi connectivity index (χ4v) is 6.32. The van der Waals surface area contributed by atoms with Crippen LogP contribution in [0.2, 0.25) is 0 Å². The van der Waals surface area contributed by atoms with Crippen molar-refractivity contribution in [2.24, 2.45) is 16.9 Å². The van der Waals surface area contributed by atoms with E-state index in [0.717, 1.165) is 23.8 Å². The van der Waals surface area contributed by atoms with Gasteiger partial charge in [0.15, 0.2) is 0 Å². The van der Waals surface area contributed by atoms with E-state index in [-0.39, 0.29) is 31.9 Å². The lowest BCUT2D eigenvalue weighted by Gasteiger charge is -2.41. The fourth-order valence-electron chi connectivity index (χ4n) is 6.32. The first kappa shape index (κ1) is 50.7. The molecule has 0 fully saturated rings. The van der Waals surface area contributed by atoms with Crippen molar-refractivity contribution in [2.45, 2.75) is 97.2 Å². The molecule has 1 heterocycles. The largest absolute Gasteiger partial charge is 0.480 e. The van der Waals surface area contributed by atoms with Gasteiger partial charge in [0.05, 0.1) is 12.1 Å². The van der Waals surface area contributed by atoms with Crippen LogP contribution in [0.15, 0.2) is 60.8 Å². The Hall–Kier alpha value is -5.40. The van der Waals surface area contributed by atoms with E-state index in [1.165, 1.54) is 11.8 Å². The van der Waals surface area contributed by atoms with Crippen LogP contribution in [0, 0.1) is 17.0 Å². The number of nitrogens with one attached hydrogen (secondary N) is 3. The highest BCUT2D eigenvalue weighted by atomic mass is 19.4. The Kier molecular flexibility index (Phi) is 19.8. The number of benzene rings is 2. The van der Waals surface area contributed by atoms with Crippen LogP contribution in [0.1, 0.15) is 77.6 Å². The summed E-state index contributed by atoms with van der Waals surface area (Å²) < 4.78 is 62.3. The summed E-state index contributed by atoms with van der Waals surface area (Å²) in [5.41, 5.74) is 12.8. The molecular formula is C41H56F5N7O7. The molecule has 14 nitrogen and oxygen atoms in total. The molecule has 3 aromatic rings. The van der Waals surface area contributed by atoms with Crippen molar-refractivity contribution in [1.82, 2.24) is 25.4 Å². The van der Waals surface area contributed by atoms with Gasteiger partial charge in [-0.1, -0.05) is 51.1 Å². The van der Waals surface area contributed by atoms with Crippen LogP contribution < -0.4 is 27.4 Å². The topological polar surface area (TPSA) is 222 Å². The van der Waals surface area contributed by atoms with E-state index in [0.29, 0.717) is 37.2 Å². The van der Waals surface area contributed by atoms with Crippen molar-refractivity contribution >= 4 is 29.6 Å². The monoisotopic (exact) mass is 853 g/mol. The van der Waals surface area contributed by atoms with Gasteiger partial charge in [0.1, 0.15) is 30.3 Å². The molecular weight excluding hydrogens is 797 g/mol. The zero-order valence-corrected chi connectivity index (χ0v) is 34.3. The molecule has 4 atom stereocenters. The second-order valence-corrected chi connectivity index (χ2v) is 15.3. The Balaban J connectivity index is 0.00000233. The number of aliphatic carboxylic acids is 1. The highest BCUT2D eigenvalue weighted by Gasteiger charge is 2.38. The Morgan fingerprint density at radius 1 is 0.883 bits per heavy atom. The number of carboxylic acids is 1. The van der Waals surface area contributed by atoms with Crippen molar-refractivity contribution < 1.29 is 56.1 Å². The average molecular weight is 854 g/mol. The van der Waals surface area contributed by atoms with Crippen molar-refractivity contribution in [3.63, 3.8) is 0 Å². The second kappa shape index (κ2) is 23.4. The Morgan fingerprint density at radius 3 is 2.07 bits per heavy atom. The van der Waals surface area contributed by atoms with Crippen LogP contribution in [0.5, 0.6) is 0 Å². The molecule has 0 aliphatic heterocycles. The van der Waals surface area contributed by atoms with Crippen LogP contribution in [-0.4, -0.2) is 99.8 Å². The summed E-state index contributed by atoms with van der Waals surface area (Å²) >= 11 is 0. The maximum absolute atomic E-state index is 15.0. The predicted octanol–water partition coefficient (Wildman–Crippen LogP) is 4.00. The lowest BCUT2D eigenvalue weighted by molar-refractivity contribution is -0.142. The third-order valence-electron chi connectivity index (χ3n) is 8.99. The SMILES string of the molecule is CC(=O)NC(CCCCN)C(=O)NCC(NC(=O)[C@@H](N)CCN(C(=O)CO)C(c1cc(-c2cc(F)ccc2F)cn1Cc1ccccc1)C(C)(C)C)C(=O)O.CC(F)(F)F. The highest BCUT2D eigenvalue weighted by molar-refractivity contribution is 5.89. The summed E-state index contributed by atoms with van der Waals surface area (Å²) in [7, 11) is 0. The number of carboxylic acid groups (broad SMARTS) is 1. The highest BCUT2D eigenvalue weighted by Crippen LogP contribution is 2.41. The molecule has 4 amide bonds. The van der Waals surface area contributed by atoms with Crippen LogP contribution in [0.25, 0.3) is 11.1 Å². The molecule has 0 saturated carbocycles. The third-order valence-corrected chi connectivity index (χ3v) is 8.99. The first-order valence-corrected chi connectivity index (χ1v) is 19.2. The van der Waals surface area contributed by atoms with Gasteiger partial charge in [-0.3, -0.25) is 19.2 Å². The third kappa shape index (κ3) is 17.1. The summed E-state index contributed by atoms with van der Waals surface area (Å²) in [5.74, 6) is -5.38. The summed E-state index contributed by atoms with van der Waals surface area (Å²) in [6.45, 7) is 6.18. The minimum absolute atomic E-state index is 0.0147. The van der Waals surface area contributed by atoms with Crippen LogP contribution in [-0.2, 0) is 30.5 Å². The number of nitrogens with two attached hydrogens (primary N) is 2. The van der Waals surface area contributed by atoms with Crippen molar-refractivity contribution in [3.8, 4) is 11.1 Å². The zero-order chi connectivity index (χ0) is 45.4. The lowest BCUT2D eigenvalue weighted by atomic mass is 9.82. The maximum atomic E-state index is 15.0. The van der Waals surface area contributed by atoms with Gasteiger partial charge >= 0.3 is 12.1 Å². The number of aliphatic hydroxyl groups is 1. The summed E-state index contributed by atoms with van der Waals surface area (Å²) in [4.78, 5) is 64.6. The molecule has 60 heavy (non-hydrogen) atoms. The number of aromatic nitrogens is 1. The predicted molar refractivity (Wildman–Crippen MR) is 214 cm³/mol. The number of rotatable bonds is 20. The van der Waals surface area contributed by atoms with E-state index in [1.807, 2.05) is 55.7 Å². The number of hydrogen-bond acceptors (Lipinski definition) is 8. The zero-order valence-electron chi connectivity index (χ0n) is 34.3. The van der Waals surface area contributed by atoms with Crippen LogP contribution in [0.4, 0.5) is 22.0 Å². The second-order valence-electron chi connectivity index (χ2n) is 15.3. The molecule has 3 rings (SSSR count). The van der Waals surface area contributed by atoms with Crippen molar-refractivity contribution in [3.05, 3.63) is 83.7 Å². The van der Waals surface area contributed by atoms with Gasteiger partial charge in [-0.2, -0.15) is 13.2 Å². The average Bonchev–Trinajstić information content (AvgIpc) is 3.55. The summed E-state index contributed by atoms with van der Waals surface area (Å²) in [5, 5.41) is 27.2. The van der Waals surface area contributed by atoms with Gasteiger partial charge in [0.25, 0.3) is 0 Å². The molecule has 1 aromatic heterocycles. The van der Waals surface area contributed by atoms with Crippen LogP contribution >= 0.6 is 0 Å². The van der Waals surface area contributed by atoms with Gasteiger partial charge in [-0.25, -0.2) is 13.6 Å². The van der Waals surface area contributed by atoms with Crippen LogP contribution in [0.3, 0.4) is 0 Å². The Bertz CT molecular complexity index is 1880. The molecule has 0 aliphatic rings. The molecule has 9 N–H and O–H groups in total. The number of halogens is 5. The van der Waals surface area contributed by atoms with Gasteiger partial charge in [-0.05, 0) is 67.5 Å². The van der Waals surface area contributed by atoms with Gasteiger partial charge in [-0.15, -0.1) is 0 Å². The Morgan fingerprint density at radius 2 is 1.52 bits per heavy atom. The fraction of sp³-hybridized carbons (Fsp3) is 0.488. The molecule has 0 radical (unpaired) electrons. The first-order chi connectivity index (χ1) is 28.0. The first-order valence-electron chi connectivity index (χ1n) is 19.2. The quantitative estimate of drug-likeness (QED) is 0.0644. The molecule has 332 valence electrons. The number of aliphatic hydroxyl groups excluding tert-OH is 1. The van der Waals surface area contributed by atoms with Crippen molar-refractivity contribution in [2.75, 3.05) is 26.2 Å². The number of carbonyl (C=O) groups excluding carboxylic acids is 4. The minimum Gasteiger partial charge on any atom is -0.480 e. The molecule has 19 heteroatoms. The van der Waals surface area contributed by atoms with E-state index in [9.17, 15) is 51.7 Å². The number of nitrogens with zero attached hydrogens (tertiary/aromatic N) is 2. The van der Waals surface area contributed by atoms with E-state index in [4.69, 9.17) is 11.5 Å². The number of carbonyl (C=O) groups is 5. The molecule has 2 aromatic carbocycles. The Labute approximate surface area is 345 Å². The smallest absolute Gasteiger partial charge is 0.386 e. The van der Waals surface area contributed by atoms with E-state index in [1.54, 1.807) is 12.3 Å². The number of amides is 4. The number of hydrogen-bond donors (Lipinski definition) is 7. The van der Waals surface area contributed by atoms with Crippen molar-refractivity contribution in [1.29, 1.82) is 0 Å². The van der Waals surface area contributed by atoms with E-state index in [2.05, 4.69) is 16.0 Å². The summed E-state index contributed by atoms with van der Waals surface area (Å²) in [6.07, 6.45) is -1.07. The number of unbranched alkanes of at least 4 members (excludes halogenated alkanes) is 1. The molecule has 0 bridgehead atoms. The molecule has 0 aliphatic carbocycles. The molecule has 0 saturated heterocycles. The lowest BCUT2D eigenvalue weighted by Crippen LogP contribution is -2.55. The number of alkyl halides is 3. The van der Waals surface area contributed by atoms with Gasteiger partial charge in [0.2, 0.25) is 23.6 Å². The summed E-state index contributed by atoms with van der Waals surface area (Å²) in [6, 6.07) is 9.54. The minimum atomic E-state index is -4.00. The normalized spacial score (nSPS) is 13.5.